The first-order valence-electron chi connectivity index (χ1n) is 4.75. The number of nitrogens with zero attached hydrogens (tertiary/aromatic N) is 2. The van der Waals surface area contributed by atoms with E-state index < -0.39 is 0 Å². The fraction of sp³-hybridized carbons (Fsp3) is 0.667. The fourth-order valence-electron chi connectivity index (χ4n) is 1.54. The minimum absolute atomic E-state index is 0.227. The third-order valence-corrected chi connectivity index (χ3v) is 3.60. The maximum atomic E-state index is 10.2. The molecule has 1 aliphatic heterocycles. The summed E-state index contributed by atoms with van der Waals surface area (Å²) in [6, 6.07) is 0. The van der Waals surface area contributed by atoms with Crippen LogP contribution in [-0.4, -0.2) is 27.4 Å². The van der Waals surface area contributed by atoms with Crippen LogP contribution >= 0.6 is 11.8 Å². The Labute approximate surface area is 86.4 Å². The van der Waals surface area contributed by atoms with E-state index in [9.17, 15) is 4.79 Å². The number of thioether (sulfide) groups is 1. The van der Waals surface area contributed by atoms with Crippen molar-refractivity contribution in [3.05, 3.63) is 11.7 Å². The van der Waals surface area contributed by atoms with Crippen LogP contribution in [0.25, 0.3) is 0 Å². The number of aromatic nitrogens is 2. The molecule has 14 heavy (non-hydrogen) atoms. The lowest BCUT2D eigenvalue weighted by Gasteiger charge is -2.02. The Morgan fingerprint density at radius 1 is 1.64 bits per heavy atom. The highest BCUT2D eigenvalue weighted by atomic mass is 32.2. The zero-order chi connectivity index (χ0) is 9.80. The molecule has 0 bridgehead atoms. The van der Waals surface area contributed by atoms with Crippen molar-refractivity contribution in [2.24, 2.45) is 0 Å². The molecule has 0 radical (unpaired) electrons. The molecule has 1 aromatic rings. The monoisotopic (exact) mass is 212 g/mol. The van der Waals surface area contributed by atoms with Gasteiger partial charge in [-0.05, 0) is 18.6 Å². The number of carbonyl (C=O) groups is 1. The molecule has 0 N–H and O–H groups in total. The van der Waals surface area contributed by atoms with E-state index in [0.717, 1.165) is 18.5 Å². The summed E-state index contributed by atoms with van der Waals surface area (Å²) in [5.74, 6) is 2.41. The first kappa shape index (κ1) is 9.71. The molecule has 76 valence electrons. The fourth-order valence-corrected chi connectivity index (χ4v) is 2.80. The van der Waals surface area contributed by atoms with Crippen molar-refractivity contribution < 1.29 is 9.32 Å². The second-order valence-corrected chi connectivity index (χ2v) is 4.72. The zero-order valence-electron chi connectivity index (χ0n) is 7.81. The molecule has 1 aliphatic rings. The molecule has 1 fully saturated rings. The van der Waals surface area contributed by atoms with Crippen LogP contribution < -0.4 is 0 Å². The van der Waals surface area contributed by atoms with Crippen LogP contribution in [0.5, 0.6) is 0 Å². The first-order chi connectivity index (χ1) is 6.88. The molecule has 5 heteroatoms. The number of rotatable bonds is 4. The van der Waals surface area contributed by atoms with Crippen molar-refractivity contribution in [2.75, 3.05) is 5.75 Å². The number of hydrogen-bond donors (Lipinski definition) is 0. The second kappa shape index (κ2) is 4.59. The van der Waals surface area contributed by atoms with Crippen molar-refractivity contribution in [2.45, 2.75) is 30.9 Å². The second-order valence-electron chi connectivity index (χ2n) is 3.31. The molecule has 1 unspecified atom stereocenters. The van der Waals surface area contributed by atoms with Gasteiger partial charge < -0.3 is 9.32 Å². The molecular weight excluding hydrogens is 200 g/mol. The summed E-state index contributed by atoms with van der Waals surface area (Å²) in [6.45, 7) is 0. The van der Waals surface area contributed by atoms with Crippen molar-refractivity contribution in [1.82, 2.24) is 10.1 Å². The third kappa shape index (κ3) is 2.35. The van der Waals surface area contributed by atoms with E-state index >= 15 is 0 Å². The third-order valence-electron chi connectivity index (χ3n) is 2.20. The minimum Gasteiger partial charge on any atom is -0.339 e. The van der Waals surface area contributed by atoms with E-state index in [2.05, 4.69) is 10.1 Å². The molecular formula is C9H12N2O2S. The van der Waals surface area contributed by atoms with Gasteiger partial charge in [-0.3, -0.25) is 0 Å². The van der Waals surface area contributed by atoms with E-state index in [1.807, 2.05) is 11.8 Å². The highest BCUT2D eigenvalue weighted by molar-refractivity contribution is 8.00. The Balaban J connectivity index is 1.91. The van der Waals surface area contributed by atoms with Gasteiger partial charge in [0, 0.05) is 11.7 Å². The Morgan fingerprint density at radius 2 is 2.57 bits per heavy atom. The van der Waals surface area contributed by atoms with E-state index in [0.29, 0.717) is 11.1 Å². The summed E-state index contributed by atoms with van der Waals surface area (Å²) in [5.41, 5.74) is 0. The largest absolute Gasteiger partial charge is 0.339 e. The SMILES string of the molecule is O=CCc1nc(CC2CCCS2)no1. The molecule has 4 nitrogen and oxygen atoms in total. The van der Waals surface area contributed by atoms with Gasteiger partial charge >= 0.3 is 0 Å². The van der Waals surface area contributed by atoms with E-state index in [4.69, 9.17) is 4.52 Å². The lowest BCUT2D eigenvalue weighted by atomic mass is 10.2. The molecule has 1 saturated heterocycles. The summed E-state index contributed by atoms with van der Waals surface area (Å²) in [7, 11) is 0. The van der Waals surface area contributed by atoms with Crippen molar-refractivity contribution in [1.29, 1.82) is 0 Å². The lowest BCUT2D eigenvalue weighted by molar-refractivity contribution is -0.107. The predicted octanol–water partition coefficient (Wildman–Crippen LogP) is 1.25. The van der Waals surface area contributed by atoms with Gasteiger partial charge in [0.1, 0.15) is 6.29 Å². The van der Waals surface area contributed by atoms with Gasteiger partial charge in [-0.2, -0.15) is 16.7 Å². The van der Waals surface area contributed by atoms with Crippen LogP contribution in [0.1, 0.15) is 24.6 Å². The van der Waals surface area contributed by atoms with Crippen LogP contribution in [0, 0.1) is 0 Å². The first-order valence-corrected chi connectivity index (χ1v) is 5.80. The average Bonchev–Trinajstić information content (AvgIpc) is 2.79. The molecule has 2 heterocycles. The summed E-state index contributed by atoms with van der Waals surface area (Å²) in [5, 5.41) is 4.48. The predicted molar refractivity (Wildman–Crippen MR) is 53.3 cm³/mol. The summed E-state index contributed by atoms with van der Waals surface area (Å²) in [6.07, 6.45) is 4.40. The maximum Gasteiger partial charge on any atom is 0.233 e. The van der Waals surface area contributed by atoms with E-state index in [-0.39, 0.29) is 6.42 Å². The van der Waals surface area contributed by atoms with Crippen molar-refractivity contribution >= 4 is 18.0 Å². The summed E-state index contributed by atoms with van der Waals surface area (Å²) >= 11 is 1.97. The number of hydrogen-bond acceptors (Lipinski definition) is 5. The zero-order valence-corrected chi connectivity index (χ0v) is 8.63. The molecule has 2 rings (SSSR count). The van der Waals surface area contributed by atoms with Gasteiger partial charge in [-0.25, -0.2) is 0 Å². The Morgan fingerprint density at radius 3 is 3.29 bits per heavy atom. The van der Waals surface area contributed by atoms with Crippen LogP contribution in [0.3, 0.4) is 0 Å². The Bertz CT molecular complexity index is 308. The highest BCUT2D eigenvalue weighted by Gasteiger charge is 2.18. The standard InChI is InChI=1S/C9H12N2O2S/c12-4-3-9-10-8(11-13-9)6-7-2-1-5-14-7/h4,7H,1-3,5-6H2. The smallest absolute Gasteiger partial charge is 0.233 e. The van der Waals surface area contributed by atoms with Crippen LogP contribution in [-0.2, 0) is 17.6 Å². The molecule has 0 aliphatic carbocycles. The summed E-state index contributed by atoms with van der Waals surface area (Å²) in [4.78, 5) is 14.3. The van der Waals surface area contributed by atoms with Gasteiger partial charge in [-0.15, -0.1) is 0 Å². The van der Waals surface area contributed by atoms with Crippen molar-refractivity contribution in [3.63, 3.8) is 0 Å². The normalized spacial score (nSPS) is 21.3. The lowest BCUT2D eigenvalue weighted by Crippen LogP contribution is -2.03. The maximum absolute atomic E-state index is 10.2. The topological polar surface area (TPSA) is 56.0 Å². The quantitative estimate of drug-likeness (QED) is 0.703. The molecule has 0 aromatic carbocycles. The van der Waals surface area contributed by atoms with Crippen LogP contribution in [0.15, 0.2) is 4.52 Å². The van der Waals surface area contributed by atoms with Crippen LogP contribution in [0.4, 0.5) is 0 Å². The van der Waals surface area contributed by atoms with Gasteiger partial charge in [-0.1, -0.05) is 5.16 Å². The van der Waals surface area contributed by atoms with Crippen LogP contribution in [0.2, 0.25) is 0 Å². The molecule has 0 saturated carbocycles. The van der Waals surface area contributed by atoms with Gasteiger partial charge in [0.25, 0.3) is 0 Å². The molecule has 1 aromatic heterocycles. The van der Waals surface area contributed by atoms with E-state index in [1.165, 1.54) is 18.6 Å². The Hall–Kier alpha value is -0.840. The van der Waals surface area contributed by atoms with E-state index in [1.54, 1.807) is 0 Å². The summed E-state index contributed by atoms with van der Waals surface area (Å²) < 4.78 is 4.91. The Kier molecular flexibility index (Phi) is 3.18. The van der Waals surface area contributed by atoms with Crippen molar-refractivity contribution in [3.8, 4) is 0 Å². The minimum atomic E-state index is 0.227. The van der Waals surface area contributed by atoms with Gasteiger partial charge in [0.15, 0.2) is 5.82 Å². The molecule has 0 amide bonds. The number of aldehydes is 1. The average molecular weight is 212 g/mol. The van der Waals surface area contributed by atoms with Gasteiger partial charge in [0.05, 0.1) is 6.42 Å². The number of carbonyl (C=O) groups excluding carboxylic acids is 1. The molecule has 1 atom stereocenters. The van der Waals surface area contributed by atoms with Gasteiger partial charge in [0.2, 0.25) is 5.89 Å². The highest BCUT2D eigenvalue weighted by Crippen LogP contribution is 2.28. The molecule has 0 spiro atoms.